The quantitative estimate of drug-likeness (QED) is 0.775. The Hall–Kier alpha value is -1.10. The van der Waals surface area contributed by atoms with Crippen LogP contribution in [-0.4, -0.2) is 26.1 Å². The molecule has 5 heteroatoms. The van der Waals surface area contributed by atoms with Crippen LogP contribution < -0.4 is 10.6 Å². The second-order valence-corrected chi connectivity index (χ2v) is 5.06. The molecule has 0 aromatic heterocycles. The summed E-state index contributed by atoms with van der Waals surface area (Å²) in [5.41, 5.74) is 1.95. The third kappa shape index (κ3) is 6.37. The van der Waals surface area contributed by atoms with E-state index in [0.29, 0.717) is 19.6 Å². The summed E-state index contributed by atoms with van der Waals surface area (Å²) >= 11 is 0. The zero-order valence-corrected chi connectivity index (χ0v) is 12.7. The lowest BCUT2D eigenvalue weighted by Crippen LogP contribution is -2.18. The molecule has 0 aliphatic heterocycles. The summed E-state index contributed by atoms with van der Waals surface area (Å²) in [5.74, 6) is 0.815. The number of carbonyl (C=O) groups is 1. The SMILES string of the molecule is CNCCC(=O)Nc1cccc(COCC2CC2)c1.Cl. The molecule has 1 aliphatic carbocycles. The second-order valence-electron chi connectivity index (χ2n) is 5.06. The molecule has 1 aliphatic rings. The Morgan fingerprint density at radius 1 is 1.40 bits per heavy atom. The van der Waals surface area contributed by atoms with Crippen molar-refractivity contribution in [2.45, 2.75) is 25.9 Å². The normalized spacial score (nSPS) is 13.7. The van der Waals surface area contributed by atoms with Gasteiger partial charge >= 0.3 is 0 Å². The Morgan fingerprint density at radius 2 is 2.20 bits per heavy atom. The number of ether oxygens (including phenoxy) is 1. The van der Waals surface area contributed by atoms with Gasteiger partial charge in [-0.3, -0.25) is 4.79 Å². The molecule has 0 radical (unpaired) electrons. The number of hydrogen-bond acceptors (Lipinski definition) is 3. The fourth-order valence-electron chi connectivity index (χ4n) is 1.83. The zero-order chi connectivity index (χ0) is 13.5. The Morgan fingerprint density at radius 3 is 2.90 bits per heavy atom. The molecule has 1 fully saturated rings. The predicted molar refractivity (Wildman–Crippen MR) is 83.2 cm³/mol. The van der Waals surface area contributed by atoms with Crippen LogP contribution >= 0.6 is 12.4 Å². The standard InChI is InChI=1S/C15H22N2O2.ClH/c1-16-8-7-15(18)17-14-4-2-3-13(9-14)11-19-10-12-5-6-12;/h2-4,9,12,16H,5-8,10-11H2,1H3,(H,17,18);1H. The van der Waals surface area contributed by atoms with Crippen molar-refractivity contribution in [3.05, 3.63) is 29.8 Å². The number of halogens is 1. The first-order chi connectivity index (χ1) is 9.28. The first-order valence-corrected chi connectivity index (χ1v) is 6.89. The number of benzene rings is 1. The van der Waals surface area contributed by atoms with Gasteiger partial charge in [0.15, 0.2) is 0 Å². The molecule has 4 nitrogen and oxygen atoms in total. The molecule has 1 aromatic carbocycles. The minimum absolute atomic E-state index is 0. The third-order valence-electron chi connectivity index (χ3n) is 3.13. The van der Waals surface area contributed by atoms with Gasteiger partial charge in [0.25, 0.3) is 0 Å². The van der Waals surface area contributed by atoms with Crippen molar-refractivity contribution >= 4 is 24.0 Å². The number of hydrogen-bond donors (Lipinski definition) is 2. The lowest BCUT2D eigenvalue weighted by molar-refractivity contribution is -0.116. The Kier molecular flexibility index (Phi) is 7.59. The van der Waals surface area contributed by atoms with E-state index in [1.54, 1.807) is 0 Å². The van der Waals surface area contributed by atoms with Crippen molar-refractivity contribution in [1.29, 1.82) is 0 Å². The monoisotopic (exact) mass is 298 g/mol. The van der Waals surface area contributed by atoms with Gasteiger partial charge in [-0.15, -0.1) is 12.4 Å². The maximum atomic E-state index is 11.6. The second kappa shape index (κ2) is 8.95. The third-order valence-corrected chi connectivity index (χ3v) is 3.13. The van der Waals surface area contributed by atoms with E-state index in [1.807, 2.05) is 31.3 Å². The number of anilines is 1. The molecule has 0 saturated heterocycles. The summed E-state index contributed by atoms with van der Waals surface area (Å²) in [6, 6.07) is 7.85. The molecule has 112 valence electrons. The van der Waals surface area contributed by atoms with Gasteiger partial charge in [0, 0.05) is 25.3 Å². The molecular formula is C15H23ClN2O2. The summed E-state index contributed by atoms with van der Waals surface area (Å²) in [5, 5.41) is 5.85. The Labute approximate surface area is 126 Å². The van der Waals surface area contributed by atoms with E-state index < -0.39 is 0 Å². The minimum atomic E-state index is 0. The molecule has 2 N–H and O–H groups in total. The summed E-state index contributed by atoms with van der Waals surface area (Å²) in [6.07, 6.45) is 3.10. The molecule has 1 amide bonds. The van der Waals surface area contributed by atoms with Gasteiger partial charge in [-0.2, -0.15) is 0 Å². The van der Waals surface area contributed by atoms with Crippen LogP contribution in [0.5, 0.6) is 0 Å². The highest BCUT2D eigenvalue weighted by Crippen LogP contribution is 2.29. The van der Waals surface area contributed by atoms with Crippen LogP contribution in [0.1, 0.15) is 24.8 Å². The van der Waals surface area contributed by atoms with Crippen molar-refractivity contribution in [2.24, 2.45) is 5.92 Å². The average molecular weight is 299 g/mol. The van der Waals surface area contributed by atoms with E-state index in [1.165, 1.54) is 12.8 Å². The van der Waals surface area contributed by atoms with Gasteiger partial charge in [0.2, 0.25) is 5.91 Å². The van der Waals surface area contributed by atoms with Crippen molar-refractivity contribution in [1.82, 2.24) is 5.32 Å². The Bertz CT molecular complexity index is 422. The summed E-state index contributed by atoms with van der Waals surface area (Å²) in [6.45, 7) is 2.17. The number of carbonyl (C=O) groups excluding carboxylic acids is 1. The molecule has 1 aromatic rings. The predicted octanol–water partition coefficient (Wildman–Crippen LogP) is 2.58. The average Bonchev–Trinajstić information content (AvgIpc) is 3.21. The number of nitrogens with one attached hydrogen (secondary N) is 2. The number of amides is 1. The van der Waals surface area contributed by atoms with Gasteiger partial charge in [-0.1, -0.05) is 12.1 Å². The molecule has 0 atom stereocenters. The fraction of sp³-hybridized carbons (Fsp3) is 0.533. The van der Waals surface area contributed by atoms with Crippen LogP contribution in [0.3, 0.4) is 0 Å². The first kappa shape index (κ1) is 17.0. The molecule has 1 saturated carbocycles. The van der Waals surface area contributed by atoms with Crippen LogP contribution in [0.25, 0.3) is 0 Å². The molecule has 0 heterocycles. The van der Waals surface area contributed by atoms with E-state index in [2.05, 4.69) is 10.6 Å². The molecule has 0 spiro atoms. The van der Waals surface area contributed by atoms with Gasteiger partial charge in [-0.05, 0) is 43.5 Å². The maximum absolute atomic E-state index is 11.6. The summed E-state index contributed by atoms with van der Waals surface area (Å²) in [4.78, 5) is 11.6. The smallest absolute Gasteiger partial charge is 0.225 e. The molecule has 0 bridgehead atoms. The van der Waals surface area contributed by atoms with Crippen molar-refractivity contribution in [3.63, 3.8) is 0 Å². The molecule has 0 unspecified atom stereocenters. The van der Waals surface area contributed by atoms with E-state index in [4.69, 9.17) is 4.74 Å². The molecular weight excluding hydrogens is 276 g/mol. The first-order valence-electron chi connectivity index (χ1n) is 6.89. The molecule has 20 heavy (non-hydrogen) atoms. The van der Waals surface area contributed by atoms with E-state index in [-0.39, 0.29) is 18.3 Å². The maximum Gasteiger partial charge on any atom is 0.225 e. The number of rotatable bonds is 8. The van der Waals surface area contributed by atoms with Gasteiger partial charge in [0.1, 0.15) is 0 Å². The van der Waals surface area contributed by atoms with E-state index >= 15 is 0 Å². The lowest BCUT2D eigenvalue weighted by Gasteiger charge is -2.08. The van der Waals surface area contributed by atoms with Gasteiger partial charge in [-0.25, -0.2) is 0 Å². The van der Waals surface area contributed by atoms with Crippen molar-refractivity contribution in [2.75, 3.05) is 25.5 Å². The minimum Gasteiger partial charge on any atom is -0.376 e. The van der Waals surface area contributed by atoms with Crippen molar-refractivity contribution < 1.29 is 9.53 Å². The van der Waals surface area contributed by atoms with Gasteiger partial charge < -0.3 is 15.4 Å². The van der Waals surface area contributed by atoms with E-state index in [0.717, 1.165) is 23.8 Å². The van der Waals surface area contributed by atoms with Crippen molar-refractivity contribution in [3.8, 4) is 0 Å². The van der Waals surface area contributed by atoms with Crippen LogP contribution in [0.15, 0.2) is 24.3 Å². The highest BCUT2D eigenvalue weighted by molar-refractivity contribution is 5.90. The highest BCUT2D eigenvalue weighted by atomic mass is 35.5. The fourth-order valence-corrected chi connectivity index (χ4v) is 1.83. The van der Waals surface area contributed by atoms with Gasteiger partial charge in [0.05, 0.1) is 6.61 Å². The zero-order valence-electron chi connectivity index (χ0n) is 11.9. The van der Waals surface area contributed by atoms with E-state index in [9.17, 15) is 4.79 Å². The lowest BCUT2D eigenvalue weighted by atomic mass is 10.2. The topological polar surface area (TPSA) is 50.4 Å². The Balaban J connectivity index is 0.00000200. The van der Waals surface area contributed by atoms with Crippen LogP contribution in [0.2, 0.25) is 0 Å². The molecule has 2 rings (SSSR count). The van der Waals surface area contributed by atoms with Crippen LogP contribution in [0, 0.1) is 5.92 Å². The van der Waals surface area contributed by atoms with Crippen LogP contribution in [-0.2, 0) is 16.1 Å². The van der Waals surface area contributed by atoms with Crippen LogP contribution in [0.4, 0.5) is 5.69 Å². The summed E-state index contributed by atoms with van der Waals surface area (Å²) < 4.78 is 5.65. The highest BCUT2D eigenvalue weighted by Gasteiger charge is 2.20. The largest absolute Gasteiger partial charge is 0.376 e. The summed E-state index contributed by atoms with van der Waals surface area (Å²) in [7, 11) is 1.84.